The summed E-state index contributed by atoms with van der Waals surface area (Å²) in [7, 11) is 8.49. The molecule has 0 aliphatic carbocycles. The summed E-state index contributed by atoms with van der Waals surface area (Å²) in [4.78, 5) is 1.38. The molecule has 0 amide bonds. The second-order valence-corrected chi connectivity index (χ2v) is 0.835. The SMILES string of the molecule is [B]N(C)NC. The molecular formula is C2H7BN2. The van der Waals surface area contributed by atoms with Gasteiger partial charge in [0.25, 0.3) is 0 Å². The minimum Gasteiger partial charge on any atom is -0.301 e. The predicted molar refractivity (Wildman–Crippen MR) is 22.6 cm³/mol. The fourth-order valence-electron chi connectivity index (χ4n) is 0. The molecule has 0 aromatic heterocycles. The molecule has 0 heterocycles. The lowest BCUT2D eigenvalue weighted by Crippen LogP contribution is -2.27. The van der Waals surface area contributed by atoms with Crippen molar-refractivity contribution < 1.29 is 0 Å². The van der Waals surface area contributed by atoms with Gasteiger partial charge in [0, 0.05) is 0 Å². The first-order valence-electron chi connectivity index (χ1n) is 1.43. The monoisotopic (exact) mass is 70.1 g/mol. The molecule has 0 aromatic rings. The zero-order valence-electron chi connectivity index (χ0n) is 3.52. The molecular weight excluding hydrogens is 62.8 g/mol. The molecule has 3 heteroatoms. The van der Waals surface area contributed by atoms with Crippen molar-refractivity contribution in [2.45, 2.75) is 0 Å². The van der Waals surface area contributed by atoms with E-state index in [0.29, 0.717) is 0 Å². The fourth-order valence-corrected chi connectivity index (χ4v) is 0. The van der Waals surface area contributed by atoms with Crippen molar-refractivity contribution in [3.05, 3.63) is 0 Å². The van der Waals surface area contributed by atoms with Gasteiger partial charge >= 0.3 is 0 Å². The summed E-state index contributed by atoms with van der Waals surface area (Å²) in [6, 6.07) is 0. The number of hydrogen-bond donors (Lipinski definition) is 1. The van der Waals surface area contributed by atoms with Gasteiger partial charge in [-0.1, -0.05) is 0 Å². The van der Waals surface area contributed by atoms with Crippen molar-refractivity contribution in [2.75, 3.05) is 14.1 Å². The Hall–Kier alpha value is -0.0151. The highest BCUT2D eigenvalue weighted by Gasteiger charge is 1.69. The summed E-state index contributed by atoms with van der Waals surface area (Å²) < 4.78 is 0. The van der Waals surface area contributed by atoms with Gasteiger partial charge in [0.15, 0.2) is 0 Å². The van der Waals surface area contributed by atoms with E-state index in [2.05, 4.69) is 5.43 Å². The molecule has 0 aliphatic rings. The summed E-state index contributed by atoms with van der Waals surface area (Å²) >= 11 is 0. The number of rotatable bonds is 1. The van der Waals surface area contributed by atoms with Gasteiger partial charge in [-0.15, -0.1) is 0 Å². The fraction of sp³-hybridized carbons (Fsp3) is 1.00. The summed E-state index contributed by atoms with van der Waals surface area (Å²) in [5, 5.41) is 0. The van der Waals surface area contributed by atoms with Crippen molar-refractivity contribution in [1.29, 1.82) is 0 Å². The van der Waals surface area contributed by atoms with Gasteiger partial charge in [-0.25, -0.2) is 0 Å². The number of nitrogens with zero attached hydrogens (tertiary/aromatic N) is 1. The minimum atomic E-state index is 1.38. The quantitative estimate of drug-likeness (QED) is 0.319. The highest BCUT2D eigenvalue weighted by molar-refractivity contribution is 6.03. The summed E-state index contributed by atoms with van der Waals surface area (Å²) in [5.74, 6) is 0. The molecule has 2 nitrogen and oxygen atoms in total. The lowest BCUT2D eigenvalue weighted by molar-refractivity contribution is 0.446. The maximum absolute atomic E-state index is 5.01. The second kappa shape index (κ2) is 2.24. The Bertz CT molecular complexity index is 21.6. The Balaban J connectivity index is 2.54. The maximum Gasteiger partial charge on any atom is 0.206 e. The van der Waals surface area contributed by atoms with Crippen LogP contribution in [0.3, 0.4) is 0 Å². The van der Waals surface area contributed by atoms with Crippen LogP contribution in [-0.4, -0.2) is 27.0 Å². The lowest BCUT2D eigenvalue weighted by Gasteiger charge is -2.03. The van der Waals surface area contributed by atoms with Crippen LogP contribution in [0.2, 0.25) is 0 Å². The topological polar surface area (TPSA) is 15.3 Å². The summed E-state index contributed by atoms with van der Waals surface area (Å²) in [6.07, 6.45) is 0. The number of hydrogen-bond acceptors (Lipinski definition) is 2. The first-order valence-corrected chi connectivity index (χ1v) is 1.43. The van der Waals surface area contributed by atoms with Crippen molar-refractivity contribution >= 4 is 7.98 Å². The average molecular weight is 69.9 g/mol. The molecule has 1 N–H and O–H groups in total. The van der Waals surface area contributed by atoms with Gasteiger partial charge < -0.3 is 4.92 Å². The molecule has 2 radical (unpaired) electrons. The van der Waals surface area contributed by atoms with E-state index in [1.165, 1.54) is 4.92 Å². The van der Waals surface area contributed by atoms with Crippen LogP contribution in [0, 0.1) is 0 Å². The maximum atomic E-state index is 5.01. The Kier molecular flexibility index (Phi) is 2.23. The first-order chi connectivity index (χ1) is 2.27. The molecule has 0 spiro atoms. The van der Waals surface area contributed by atoms with E-state index in [0.717, 1.165) is 0 Å². The number of nitrogens with one attached hydrogen (secondary N) is 1. The van der Waals surface area contributed by atoms with Crippen LogP contribution in [0.15, 0.2) is 0 Å². The predicted octanol–water partition coefficient (Wildman–Crippen LogP) is -0.864. The van der Waals surface area contributed by atoms with Crippen molar-refractivity contribution in [3.63, 3.8) is 0 Å². The van der Waals surface area contributed by atoms with Gasteiger partial charge in [-0.3, -0.25) is 5.43 Å². The smallest absolute Gasteiger partial charge is 0.206 e. The molecule has 28 valence electrons. The Labute approximate surface area is 33.6 Å². The first kappa shape index (κ1) is 4.98. The normalized spacial score (nSPS) is 9.40. The zero-order valence-corrected chi connectivity index (χ0v) is 3.52. The van der Waals surface area contributed by atoms with E-state index in [-0.39, 0.29) is 0 Å². The van der Waals surface area contributed by atoms with Crippen LogP contribution in [0.5, 0.6) is 0 Å². The largest absolute Gasteiger partial charge is 0.301 e. The van der Waals surface area contributed by atoms with E-state index in [1.807, 2.05) is 0 Å². The van der Waals surface area contributed by atoms with E-state index in [1.54, 1.807) is 14.1 Å². The molecule has 0 fully saturated rings. The van der Waals surface area contributed by atoms with Gasteiger partial charge in [0.1, 0.15) is 0 Å². The van der Waals surface area contributed by atoms with Crippen molar-refractivity contribution in [1.82, 2.24) is 10.3 Å². The molecule has 0 atom stereocenters. The highest BCUT2D eigenvalue weighted by Crippen LogP contribution is 1.46. The molecule has 0 bridgehead atoms. The van der Waals surface area contributed by atoms with Crippen LogP contribution in [-0.2, 0) is 0 Å². The van der Waals surface area contributed by atoms with Crippen molar-refractivity contribution in [2.24, 2.45) is 0 Å². The minimum absolute atomic E-state index is 1.38. The van der Waals surface area contributed by atoms with Crippen LogP contribution >= 0.6 is 0 Å². The van der Waals surface area contributed by atoms with E-state index in [4.69, 9.17) is 7.98 Å². The molecule has 0 aliphatic heterocycles. The standard InChI is InChI=1S/C2H7BN2/c1-4-5(2)3/h4H,1-2H3. The molecule has 0 aromatic carbocycles. The number of hydrazine groups is 1. The van der Waals surface area contributed by atoms with Crippen LogP contribution in [0.1, 0.15) is 0 Å². The van der Waals surface area contributed by atoms with E-state index >= 15 is 0 Å². The molecule has 0 rings (SSSR count). The highest BCUT2D eigenvalue weighted by atomic mass is 15.4. The summed E-state index contributed by atoms with van der Waals surface area (Å²) in [5.41, 5.74) is 2.64. The molecule has 0 saturated heterocycles. The lowest BCUT2D eigenvalue weighted by atomic mass is 10.4. The van der Waals surface area contributed by atoms with Gasteiger partial charge in [0.05, 0.1) is 0 Å². The average Bonchev–Trinajstić information content (AvgIpc) is 1.38. The zero-order chi connectivity index (χ0) is 4.28. The van der Waals surface area contributed by atoms with Gasteiger partial charge in [-0.2, -0.15) is 0 Å². The van der Waals surface area contributed by atoms with Gasteiger partial charge in [0.2, 0.25) is 7.98 Å². The second-order valence-electron chi connectivity index (χ2n) is 0.835. The van der Waals surface area contributed by atoms with Crippen LogP contribution in [0.25, 0.3) is 0 Å². The Morgan fingerprint density at radius 3 is 2.00 bits per heavy atom. The van der Waals surface area contributed by atoms with Gasteiger partial charge in [-0.05, 0) is 14.1 Å². The molecule has 0 saturated carbocycles. The molecule has 5 heavy (non-hydrogen) atoms. The van der Waals surface area contributed by atoms with Crippen molar-refractivity contribution in [3.8, 4) is 0 Å². The van der Waals surface area contributed by atoms with E-state index in [9.17, 15) is 0 Å². The van der Waals surface area contributed by atoms with Crippen LogP contribution in [0.4, 0.5) is 0 Å². The third-order valence-corrected chi connectivity index (χ3v) is 0.353. The Morgan fingerprint density at radius 2 is 2.00 bits per heavy atom. The summed E-state index contributed by atoms with van der Waals surface area (Å²) in [6.45, 7) is 0. The van der Waals surface area contributed by atoms with Crippen LogP contribution < -0.4 is 5.43 Å². The Morgan fingerprint density at radius 1 is 1.80 bits per heavy atom. The molecule has 0 unspecified atom stereocenters. The van der Waals surface area contributed by atoms with E-state index < -0.39 is 0 Å². The third kappa shape index (κ3) is 3.98. The third-order valence-electron chi connectivity index (χ3n) is 0.353.